The Labute approximate surface area is 135 Å². The molecule has 0 bridgehead atoms. The van der Waals surface area contributed by atoms with Crippen molar-refractivity contribution in [1.29, 1.82) is 0 Å². The second-order valence-corrected chi connectivity index (χ2v) is 8.76. The van der Waals surface area contributed by atoms with E-state index in [0.717, 1.165) is 18.7 Å². The molecule has 0 unspecified atom stereocenters. The molecule has 3 rings (SSSR count). The minimum Gasteiger partial charge on any atom is -0.294 e. The van der Waals surface area contributed by atoms with Gasteiger partial charge in [0.15, 0.2) is 5.78 Å². The summed E-state index contributed by atoms with van der Waals surface area (Å²) in [5.74, 6) is 0.150. The number of rotatable bonds is 3. The van der Waals surface area contributed by atoms with Crippen LogP contribution < -0.4 is 0 Å². The lowest BCUT2D eigenvalue weighted by Gasteiger charge is -1.99. The molecule has 0 aliphatic rings. The molecule has 96 valence electrons. The molecule has 2 aromatic heterocycles. The van der Waals surface area contributed by atoms with Crippen molar-refractivity contribution in [3.63, 3.8) is 0 Å². The average Bonchev–Trinajstić information content (AvgIpc) is 2.94. The molecular formula is C14H8Br2OS2. The van der Waals surface area contributed by atoms with E-state index in [2.05, 4.69) is 49.4 Å². The predicted molar refractivity (Wildman–Crippen MR) is 89.6 cm³/mol. The number of hydrogen-bond donors (Lipinski definition) is 0. The molecule has 0 aliphatic heterocycles. The molecule has 0 aliphatic carbocycles. The van der Waals surface area contributed by atoms with Crippen LogP contribution in [-0.2, 0) is 6.42 Å². The summed E-state index contributed by atoms with van der Waals surface area (Å²) < 4.78 is 3.10. The van der Waals surface area contributed by atoms with Crippen LogP contribution in [-0.4, -0.2) is 5.78 Å². The van der Waals surface area contributed by atoms with Crippen LogP contribution in [0, 0.1) is 0 Å². The summed E-state index contributed by atoms with van der Waals surface area (Å²) in [5, 5.41) is 3.27. The van der Waals surface area contributed by atoms with Crippen LogP contribution in [0.3, 0.4) is 0 Å². The Balaban J connectivity index is 1.93. The summed E-state index contributed by atoms with van der Waals surface area (Å²) in [5.41, 5.74) is 1.87. The highest BCUT2D eigenvalue weighted by Gasteiger charge is 2.15. The topological polar surface area (TPSA) is 17.1 Å². The van der Waals surface area contributed by atoms with Gasteiger partial charge in [-0.1, -0.05) is 18.2 Å². The summed E-state index contributed by atoms with van der Waals surface area (Å²) in [7, 11) is 0. The summed E-state index contributed by atoms with van der Waals surface area (Å²) in [6.45, 7) is 0. The zero-order valence-corrected chi connectivity index (χ0v) is 14.5. The lowest BCUT2D eigenvalue weighted by molar-refractivity contribution is 0.0993. The molecule has 2 heterocycles. The van der Waals surface area contributed by atoms with Gasteiger partial charge in [0, 0.05) is 16.7 Å². The zero-order chi connectivity index (χ0) is 13.4. The number of Topliss-reactive ketones (excluding diaryl/α,β-unsaturated/α-hetero) is 1. The largest absolute Gasteiger partial charge is 0.294 e. The van der Waals surface area contributed by atoms with E-state index in [1.54, 1.807) is 11.3 Å². The highest BCUT2D eigenvalue weighted by molar-refractivity contribution is 9.12. The number of thiophene rings is 2. The van der Waals surface area contributed by atoms with E-state index in [4.69, 9.17) is 0 Å². The molecule has 19 heavy (non-hydrogen) atoms. The summed E-state index contributed by atoms with van der Waals surface area (Å²) >= 11 is 10.1. The molecule has 5 heteroatoms. The van der Waals surface area contributed by atoms with E-state index in [1.165, 1.54) is 21.4 Å². The van der Waals surface area contributed by atoms with Gasteiger partial charge in [0.05, 0.1) is 7.57 Å². The fourth-order valence-electron chi connectivity index (χ4n) is 1.97. The van der Waals surface area contributed by atoms with E-state index in [1.807, 2.05) is 18.2 Å². The third-order valence-electron chi connectivity index (χ3n) is 2.87. The van der Waals surface area contributed by atoms with Gasteiger partial charge in [0.25, 0.3) is 0 Å². The molecule has 0 saturated heterocycles. The second-order valence-electron chi connectivity index (χ2n) is 4.09. The fraction of sp³-hybridized carbons (Fsp3) is 0.0714. The number of benzene rings is 1. The normalized spacial score (nSPS) is 11.1. The lowest BCUT2D eigenvalue weighted by Crippen LogP contribution is -2.02. The van der Waals surface area contributed by atoms with Crippen molar-refractivity contribution in [2.24, 2.45) is 0 Å². The van der Waals surface area contributed by atoms with Crippen molar-refractivity contribution >= 4 is 70.4 Å². The molecule has 1 aromatic carbocycles. The van der Waals surface area contributed by atoms with E-state index in [0.29, 0.717) is 6.42 Å². The van der Waals surface area contributed by atoms with Gasteiger partial charge >= 0.3 is 0 Å². The van der Waals surface area contributed by atoms with Gasteiger partial charge in [0.2, 0.25) is 0 Å². The molecule has 1 nitrogen and oxygen atoms in total. The van der Waals surface area contributed by atoms with E-state index >= 15 is 0 Å². The summed E-state index contributed by atoms with van der Waals surface area (Å²) in [6.07, 6.45) is 0.450. The van der Waals surface area contributed by atoms with Crippen LogP contribution in [0.4, 0.5) is 0 Å². The number of halogens is 2. The summed E-state index contributed by atoms with van der Waals surface area (Å²) in [4.78, 5) is 12.4. The minimum atomic E-state index is 0.150. The maximum atomic E-state index is 12.4. The van der Waals surface area contributed by atoms with Crippen molar-refractivity contribution in [3.8, 4) is 0 Å². The number of fused-ring (bicyclic) bond motifs is 1. The van der Waals surface area contributed by atoms with Gasteiger partial charge in [-0.2, -0.15) is 0 Å². The number of carbonyl (C=O) groups excluding carboxylic acids is 1. The first-order valence-electron chi connectivity index (χ1n) is 5.58. The van der Waals surface area contributed by atoms with Gasteiger partial charge in [-0.25, -0.2) is 0 Å². The van der Waals surface area contributed by atoms with Crippen LogP contribution in [0.5, 0.6) is 0 Å². The van der Waals surface area contributed by atoms with Gasteiger partial charge in [-0.05, 0) is 60.3 Å². The van der Waals surface area contributed by atoms with Crippen LogP contribution in [0.15, 0.2) is 43.3 Å². The van der Waals surface area contributed by atoms with E-state index in [9.17, 15) is 4.79 Å². The first kappa shape index (κ1) is 13.5. The first-order chi connectivity index (χ1) is 9.15. The Bertz CT molecular complexity index is 758. The Morgan fingerprint density at radius 3 is 2.74 bits per heavy atom. The number of carbonyl (C=O) groups is 1. The molecule has 0 atom stereocenters. The van der Waals surface area contributed by atoms with Crippen molar-refractivity contribution in [3.05, 3.63) is 54.4 Å². The molecule has 0 saturated carbocycles. The maximum Gasteiger partial charge on any atom is 0.169 e. The Morgan fingerprint density at radius 2 is 2.00 bits per heavy atom. The van der Waals surface area contributed by atoms with Crippen LogP contribution in [0.25, 0.3) is 10.1 Å². The predicted octanol–water partition coefficient (Wildman–Crippen LogP) is 5.91. The van der Waals surface area contributed by atoms with Gasteiger partial charge in [-0.15, -0.1) is 22.7 Å². The SMILES string of the molecule is O=C(Cc1csc2ccccc12)c1cc(Br)sc1Br. The van der Waals surface area contributed by atoms with Gasteiger partial charge < -0.3 is 0 Å². The van der Waals surface area contributed by atoms with Crippen molar-refractivity contribution in [1.82, 2.24) is 0 Å². The average molecular weight is 416 g/mol. The highest BCUT2D eigenvalue weighted by atomic mass is 79.9. The Hall–Kier alpha value is -0.490. The molecule has 0 radical (unpaired) electrons. The molecule has 0 spiro atoms. The van der Waals surface area contributed by atoms with E-state index in [-0.39, 0.29) is 5.78 Å². The third-order valence-corrected chi connectivity index (χ3v) is 6.22. The number of hydrogen-bond acceptors (Lipinski definition) is 3. The van der Waals surface area contributed by atoms with E-state index < -0.39 is 0 Å². The fourth-order valence-corrected chi connectivity index (χ4v) is 5.79. The molecule has 0 N–H and O–H groups in total. The standard InChI is InChI=1S/C14H8Br2OS2/c15-13-6-10(14(16)19-13)11(17)5-8-7-18-12-4-2-1-3-9(8)12/h1-4,6-7H,5H2. The monoisotopic (exact) mass is 414 g/mol. The van der Waals surface area contributed by atoms with Crippen LogP contribution in [0.1, 0.15) is 15.9 Å². The molecule has 0 fully saturated rings. The van der Waals surface area contributed by atoms with Crippen molar-refractivity contribution in [2.75, 3.05) is 0 Å². The minimum absolute atomic E-state index is 0.150. The Morgan fingerprint density at radius 1 is 1.21 bits per heavy atom. The highest BCUT2D eigenvalue weighted by Crippen LogP contribution is 2.33. The van der Waals surface area contributed by atoms with Gasteiger partial charge in [0.1, 0.15) is 0 Å². The second kappa shape index (κ2) is 5.48. The molecule has 3 aromatic rings. The van der Waals surface area contributed by atoms with Crippen LogP contribution in [0.2, 0.25) is 0 Å². The smallest absolute Gasteiger partial charge is 0.169 e. The van der Waals surface area contributed by atoms with Gasteiger partial charge in [-0.3, -0.25) is 4.79 Å². The third kappa shape index (κ3) is 2.70. The molecule has 0 amide bonds. The number of ketones is 1. The lowest BCUT2D eigenvalue weighted by atomic mass is 10.0. The Kier molecular flexibility index (Phi) is 3.89. The summed E-state index contributed by atoms with van der Waals surface area (Å²) in [6, 6.07) is 10.1. The maximum absolute atomic E-state index is 12.4. The van der Waals surface area contributed by atoms with Crippen LogP contribution >= 0.6 is 54.5 Å². The van der Waals surface area contributed by atoms with Crippen molar-refractivity contribution in [2.45, 2.75) is 6.42 Å². The zero-order valence-electron chi connectivity index (χ0n) is 9.65. The first-order valence-corrected chi connectivity index (χ1v) is 8.86. The quantitative estimate of drug-likeness (QED) is 0.485. The van der Waals surface area contributed by atoms with Crippen molar-refractivity contribution < 1.29 is 4.79 Å². The molecular weight excluding hydrogens is 408 g/mol.